The largest absolute Gasteiger partial charge is 0.421 e. The van der Waals surface area contributed by atoms with E-state index in [0.717, 1.165) is 30.8 Å². The van der Waals surface area contributed by atoms with Crippen molar-refractivity contribution >= 4 is 10.0 Å². The highest BCUT2D eigenvalue weighted by molar-refractivity contribution is 7.89. The molecule has 1 aromatic rings. The fourth-order valence-electron chi connectivity index (χ4n) is 3.83. The van der Waals surface area contributed by atoms with Crippen LogP contribution in [-0.4, -0.2) is 61.1 Å². The zero-order valence-corrected chi connectivity index (χ0v) is 16.9. The van der Waals surface area contributed by atoms with Gasteiger partial charge in [-0.05, 0) is 50.3 Å². The first kappa shape index (κ1) is 21.5. The summed E-state index contributed by atoms with van der Waals surface area (Å²) in [6, 6.07) is 4.11. The van der Waals surface area contributed by atoms with Gasteiger partial charge in [0.15, 0.2) is 5.60 Å². The number of benzene rings is 1. The van der Waals surface area contributed by atoms with E-state index >= 15 is 0 Å². The van der Waals surface area contributed by atoms with Crippen molar-refractivity contribution in [2.75, 3.05) is 26.2 Å². The number of rotatable bonds is 5. The number of piperazine rings is 1. The van der Waals surface area contributed by atoms with Crippen molar-refractivity contribution in [1.82, 2.24) is 9.21 Å². The van der Waals surface area contributed by atoms with E-state index in [4.69, 9.17) is 0 Å². The van der Waals surface area contributed by atoms with Crippen LogP contribution in [0.1, 0.15) is 38.7 Å². The van der Waals surface area contributed by atoms with Crippen LogP contribution < -0.4 is 0 Å². The van der Waals surface area contributed by atoms with Crippen LogP contribution in [0.3, 0.4) is 0 Å². The molecule has 1 aliphatic carbocycles. The van der Waals surface area contributed by atoms with Crippen molar-refractivity contribution < 1.29 is 26.7 Å². The summed E-state index contributed by atoms with van der Waals surface area (Å²) in [5, 5.41) is 9.74. The van der Waals surface area contributed by atoms with Crippen LogP contribution in [0.2, 0.25) is 0 Å². The van der Waals surface area contributed by atoms with Gasteiger partial charge in [0.05, 0.1) is 4.90 Å². The first-order valence-corrected chi connectivity index (χ1v) is 11.0. The number of hydrogen-bond acceptors (Lipinski definition) is 4. The second-order valence-corrected chi connectivity index (χ2v) is 10.0. The highest BCUT2D eigenvalue weighted by Crippen LogP contribution is 2.38. The minimum Gasteiger partial charge on any atom is -0.376 e. The lowest BCUT2D eigenvalue weighted by Crippen LogP contribution is -2.54. The lowest BCUT2D eigenvalue weighted by molar-refractivity contribution is -0.258. The highest BCUT2D eigenvalue weighted by atomic mass is 32.2. The van der Waals surface area contributed by atoms with E-state index in [0.29, 0.717) is 32.5 Å². The Kier molecular flexibility index (Phi) is 5.84. The van der Waals surface area contributed by atoms with Crippen LogP contribution >= 0.6 is 0 Å². The second kappa shape index (κ2) is 7.59. The zero-order valence-electron chi connectivity index (χ0n) is 16.1. The molecule has 1 heterocycles. The molecule has 9 heteroatoms. The topological polar surface area (TPSA) is 60.9 Å². The SMILES string of the molecule is C[C@H]1CN(CC2CCC2)CCN1S(=O)(=O)c1ccc(C(C)(O)C(F)(F)F)cc1. The fraction of sp³-hybridized carbons (Fsp3) is 0.684. The van der Waals surface area contributed by atoms with E-state index in [9.17, 15) is 26.7 Å². The molecule has 5 nitrogen and oxygen atoms in total. The van der Waals surface area contributed by atoms with Gasteiger partial charge in [-0.2, -0.15) is 17.5 Å². The average Bonchev–Trinajstić information content (AvgIpc) is 2.57. The standard InChI is InChI=1S/C19H27F3N2O3S/c1-14-12-23(13-15-4-3-5-15)10-11-24(14)28(26,27)17-8-6-16(7-9-17)18(2,25)19(20,21)22/h6-9,14-15,25H,3-5,10-13H2,1-2H3/t14-,18?/m0/s1. The van der Waals surface area contributed by atoms with Gasteiger partial charge >= 0.3 is 6.18 Å². The maximum atomic E-state index is 13.0. The van der Waals surface area contributed by atoms with E-state index in [1.807, 2.05) is 6.92 Å². The molecule has 0 amide bonds. The Morgan fingerprint density at radius 2 is 1.75 bits per heavy atom. The van der Waals surface area contributed by atoms with Crippen molar-refractivity contribution in [2.45, 2.75) is 55.8 Å². The van der Waals surface area contributed by atoms with Crippen molar-refractivity contribution in [3.8, 4) is 0 Å². The van der Waals surface area contributed by atoms with Crippen molar-refractivity contribution in [3.05, 3.63) is 29.8 Å². The van der Waals surface area contributed by atoms with Crippen LogP contribution in [0.25, 0.3) is 0 Å². The van der Waals surface area contributed by atoms with Crippen LogP contribution in [0.15, 0.2) is 29.2 Å². The van der Waals surface area contributed by atoms with E-state index in [1.165, 1.54) is 23.6 Å². The molecule has 28 heavy (non-hydrogen) atoms. The van der Waals surface area contributed by atoms with Gasteiger partial charge in [-0.25, -0.2) is 8.42 Å². The van der Waals surface area contributed by atoms with Gasteiger partial charge < -0.3 is 10.0 Å². The summed E-state index contributed by atoms with van der Waals surface area (Å²) < 4.78 is 66.3. The molecule has 1 aromatic carbocycles. The van der Waals surface area contributed by atoms with Crippen LogP contribution in [0.5, 0.6) is 0 Å². The number of sulfonamides is 1. The third-order valence-corrected chi connectivity index (χ3v) is 7.99. The molecule has 1 saturated carbocycles. The molecule has 1 saturated heterocycles. The fourth-order valence-corrected chi connectivity index (χ4v) is 5.44. The first-order valence-electron chi connectivity index (χ1n) is 9.57. The predicted octanol–water partition coefficient (Wildman–Crippen LogP) is 2.95. The summed E-state index contributed by atoms with van der Waals surface area (Å²) in [5.74, 6) is 0.712. The molecule has 2 aliphatic rings. The summed E-state index contributed by atoms with van der Waals surface area (Å²) in [6.07, 6.45) is -1.10. The van der Waals surface area contributed by atoms with E-state index in [2.05, 4.69) is 4.90 Å². The third kappa shape index (κ3) is 4.08. The summed E-state index contributed by atoms with van der Waals surface area (Å²) in [6.45, 7) is 5.17. The minimum absolute atomic E-state index is 0.0616. The predicted molar refractivity (Wildman–Crippen MR) is 99.2 cm³/mol. The number of hydrogen-bond donors (Lipinski definition) is 1. The second-order valence-electron chi connectivity index (χ2n) is 8.12. The molecule has 1 unspecified atom stereocenters. The average molecular weight is 420 g/mol. The lowest BCUT2D eigenvalue weighted by Gasteiger charge is -2.41. The Bertz CT molecular complexity index is 790. The van der Waals surface area contributed by atoms with Gasteiger partial charge in [0.25, 0.3) is 0 Å². The molecule has 0 bridgehead atoms. The smallest absolute Gasteiger partial charge is 0.376 e. The van der Waals surface area contributed by atoms with Crippen LogP contribution in [0.4, 0.5) is 13.2 Å². The molecule has 1 N–H and O–H groups in total. The Labute approximate surface area is 164 Å². The lowest BCUT2D eigenvalue weighted by atomic mass is 9.85. The Hall–Kier alpha value is -1.16. The van der Waals surface area contributed by atoms with Gasteiger partial charge in [0.1, 0.15) is 0 Å². The number of alkyl halides is 3. The van der Waals surface area contributed by atoms with Gasteiger partial charge in [0, 0.05) is 32.2 Å². The molecule has 0 aromatic heterocycles. The van der Waals surface area contributed by atoms with Crippen molar-refractivity contribution in [3.63, 3.8) is 0 Å². The molecule has 3 rings (SSSR count). The molecule has 0 radical (unpaired) electrons. The van der Waals surface area contributed by atoms with Gasteiger partial charge in [-0.3, -0.25) is 0 Å². The Morgan fingerprint density at radius 1 is 1.14 bits per heavy atom. The van der Waals surface area contributed by atoms with Gasteiger partial charge in [-0.15, -0.1) is 0 Å². The maximum Gasteiger partial charge on any atom is 0.421 e. The molecule has 1 aliphatic heterocycles. The van der Waals surface area contributed by atoms with Crippen molar-refractivity contribution in [1.29, 1.82) is 0 Å². The minimum atomic E-state index is -4.85. The first-order chi connectivity index (χ1) is 12.9. The van der Waals surface area contributed by atoms with Crippen molar-refractivity contribution in [2.24, 2.45) is 5.92 Å². The van der Waals surface area contributed by atoms with Crippen LogP contribution in [0, 0.1) is 5.92 Å². The summed E-state index contributed by atoms with van der Waals surface area (Å²) in [4.78, 5) is 2.23. The molecular weight excluding hydrogens is 393 g/mol. The van der Waals surface area contributed by atoms with Gasteiger partial charge in [0.2, 0.25) is 10.0 Å². The van der Waals surface area contributed by atoms with Gasteiger partial charge in [-0.1, -0.05) is 18.6 Å². The zero-order chi connectivity index (χ0) is 20.7. The Morgan fingerprint density at radius 3 is 2.21 bits per heavy atom. The summed E-state index contributed by atoms with van der Waals surface area (Å²) in [5.41, 5.74) is -3.42. The summed E-state index contributed by atoms with van der Waals surface area (Å²) in [7, 11) is -3.81. The third-order valence-electron chi connectivity index (χ3n) is 5.97. The molecule has 158 valence electrons. The number of halogens is 3. The summed E-state index contributed by atoms with van der Waals surface area (Å²) >= 11 is 0. The molecule has 0 spiro atoms. The maximum absolute atomic E-state index is 13.0. The monoisotopic (exact) mass is 420 g/mol. The van der Waals surface area contributed by atoms with E-state index in [1.54, 1.807) is 0 Å². The number of aliphatic hydroxyl groups is 1. The molecule has 2 atom stereocenters. The van der Waals surface area contributed by atoms with E-state index in [-0.39, 0.29) is 10.9 Å². The normalized spacial score (nSPS) is 25.3. The number of nitrogens with zero attached hydrogens (tertiary/aromatic N) is 2. The molecular formula is C19H27F3N2O3S. The molecule has 2 fully saturated rings. The Balaban J connectivity index is 1.72. The van der Waals surface area contributed by atoms with Crippen LogP contribution in [-0.2, 0) is 15.6 Å². The van der Waals surface area contributed by atoms with E-state index < -0.39 is 27.4 Å². The quantitative estimate of drug-likeness (QED) is 0.796. The highest BCUT2D eigenvalue weighted by Gasteiger charge is 2.51.